The molecule has 84 valence electrons. The highest BCUT2D eigenvalue weighted by molar-refractivity contribution is 9.10. The van der Waals surface area contributed by atoms with Crippen molar-refractivity contribution in [3.63, 3.8) is 0 Å². The van der Waals surface area contributed by atoms with Crippen LogP contribution < -0.4 is 5.32 Å². The Kier molecular flexibility index (Phi) is 3.40. The third-order valence-electron chi connectivity index (χ3n) is 2.10. The summed E-state index contributed by atoms with van der Waals surface area (Å²) in [5, 5.41) is 2.87. The molecule has 2 nitrogen and oxygen atoms in total. The van der Waals surface area contributed by atoms with E-state index in [-0.39, 0.29) is 5.82 Å². The SMILES string of the molecule is C#Cc1cccc(Nc2ncc(Br)cc2F)c1. The van der Waals surface area contributed by atoms with Crippen LogP contribution in [0.3, 0.4) is 0 Å². The van der Waals surface area contributed by atoms with Crippen molar-refractivity contribution in [3.05, 3.63) is 52.4 Å². The van der Waals surface area contributed by atoms with Crippen molar-refractivity contribution >= 4 is 27.4 Å². The molecular weight excluding hydrogens is 283 g/mol. The van der Waals surface area contributed by atoms with Crippen LogP contribution >= 0.6 is 15.9 Å². The number of pyridine rings is 1. The van der Waals surface area contributed by atoms with Crippen LogP contribution in [-0.4, -0.2) is 4.98 Å². The summed E-state index contributed by atoms with van der Waals surface area (Å²) < 4.78 is 14.1. The number of aromatic nitrogens is 1. The second-order valence-corrected chi connectivity index (χ2v) is 4.25. The van der Waals surface area contributed by atoms with Gasteiger partial charge in [0.2, 0.25) is 0 Å². The lowest BCUT2D eigenvalue weighted by atomic mass is 10.2. The Bertz CT molecular complexity index is 590. The van der Waals surface area contributed by atoms with E-state index < -0.39 is 5.82 Å². The van der Waals surface area contributed by atoms with Crippen LogP contribution in [0.4, 0.5) is 15.9 Å². The predicted octanol–water partition coefficient (Wildman–Crippen LogP) is 3.71. The number of hydrogen-bond donors (Lipinski definition) is 1. The molecule has 0 amide bonds. The highest BCUT2D eigenvalue weighted by atomic mass is 79.9. The van der Waals surface area contributed by atoms with Gasteiger partial charge in [-0.2, -0.15) is 0 Å². The summed E-state index contributed by atoms with van der Waals surface area (Å²) in [7, 11) is 0. The molecule has 1 aromatic heterocycles. The fourth-order valence-electron chi connectivity index (χ4n) is 1.33. The number of terminal acetylenes is 1. The molecule has 0 fully saturated rings. The van der Waals surface area contributed by atoms with E-state index in [4.69, 9.17) is 6.42 Å². The monoisotopic (exact) mass is 290 g/mol. The summed E-state index contributed by atoms with van der Waals surface area (Å²) in [6.45, 7) is 0. The van der Waals surface area contributed by atoms with Crippen molar-refractivity contribution in [2.24, 2.45) is 0 Å². The molecule has 0 atom stereocenters. The van der Waals surface area contributed by atoms with Crippen molar-refractivity contribution in [2.45, 2.75) is 0 Å². The van der Waals surface area contributed by atoms with Gasteiger partial charge in [-0.25, -0.2) is 9.37 Å². The van der Waals surface area contributed by atoms with E-state index in [0.717, 1.165) is 5.56 Å². The maximum Gasteiger partial charge on any atom is 0.166 e. The predicted molar refractivity (Wildman–Crippen MR) is 69.6 cm³/mol. The molecule has 0 aliphatic heterocycles. The van der Waals surface area contributed by atoms with Crippen molar-refractivity contribution in [1.82, 2.24) is 4.98 Å². The first-order valence-corrected chi connectivity index (χ1v) is 5.63. The van der Waals surface area contributed by atoms with E-state index >= 15 is 0 Å². The van der Waals surface area contributed by atoms with E-state index in [1.807, 2.05) is 0 Å². The molecule has 1 heterocycles. The highest BCUT2D eigenvalue weighted by Crippen LogP contribution is 2.20. The molecule has 0 aliphatic rings. The minimum absolute atomic E-state index is 0.169. The highest BCUT2D eigenvalue weighted by Gasteiger charge is 2.04. The summed E-state index contributed by atoms with van der Waals surface area (Å²) >= 11 is 3.15. The Morgan fingerprint density at radius 3 is 2.88 bits per heavy atom. The van der Waals surface area contributed by atoms with Crippen LogP contribution in [0.15, 0.2) is 41.0 Å². The molecule has 0 saturated carbocycles. The molecule has 0 spiro atoms. The number of rotatable bonds is 2. The standard InChI is InChI=1S/C13H8BrFN2/c1-2-9-4-3-5-11(6-9)17-13-12(15)7-10(14)8-16-13/h1,3-8H,(H,16,17). The van der Waals surface area contributed by atoms with E-state index in [1.165, 1.54) is 12.3 Å². The number of anilines is 2. The van der Waals surface area contributed by atoms with Gasteiger partial charge in [0.05, 0.1) is 0 Å². The molecule has 0 aliphatic carbocycles. The zero-order valence-corrected chi connectivity index (χ0v) is 10.3. The number of nitrogens with zero attached hydrogens (tertiary/aromatic N) is 1. The van der Waals surface area contributed by atoms with Crippen molar-refractivity contribution in [3.8, 4) is 12.3 Å². The van der Waals surface area contributed by atoms with Gasteiger partial charge in [-0.1, -0.05) is 12.0 Å². The van der Waals surface area contributed by atoms with Crippen molar-refractivity contribution < 1.29 is 4.39 Å². The van der Waals surface area contributed by atoms with E-state index in [9.17, 15) is 4.39 Å². The fourth-order valence-corrected chi connectivity index (χ4v) is 1.63. The molecular formula is C13H8BrFN2. The number of hydrogen-bond acceptors (Lipinski definition) is 2. The first-order valence-electron chi connectivity index (χ1n) is 4.84. The van der Waals surface area contributed by atoms with Gasteiger partial charge >= 0.3 is 0 Å². The molecule has 0 saturated heterocycles. The zero-order chi connectivity index (χ0) is 12.3. The van der Waals surface area contributed by atoms with Gasteiger partial charge in [-0.3, -0.25) is 0 Å². The smallest absolute Gasteiger partial charge is 0.166 e. The normalized spacial score (nSPS) is 9.71. The van der Waals surface area contributed by atoms with E-state index in [0.29, 0.717) is 10.2 Å². The second-order valence-electron chi connectivity index (χ2n) is 3.33. The van der Waals surface area contributed by atoms with E-state index in [1.54, 1.807) is 24.3 Å². The van der Waals surface area contributed by atoms with Crippen molar-refractivity contribution in [2.75, 3.05) is 5.32 Å². The van der Waals surface area contributed by atoms with Crippen LogP contribution in [-0.2, 0) is 0 Å². The van der Waals surface area contributed by atoms with Gasteiger partial charge in [0, 0.05) is 21.9 Å². The molecule has 0 unspecified atom stereocenters. The Morgan fingerprint density at radius 1 is 1.35 bits per heavy atom. The zero-order valence-electron chi connectivity index (χ0n) is 8.74. The Hall–Kier alpha value is -1.86. The van der Waals surface area contributed by atoms with Crippen molar-refractivity contribution in [1.29, 1.82) is 0 Å². The minimum atomic E-state index is -0.425. The van der Waals surface area contributed by atoms with Crippen LogP contribution in [0.5, 0.6) is 0 Å². The lowest BCUT2D eigenvalue weighted by Crippen LogP contribution is -1.97. The van der Waals surface area contributed by atoms with Gasteiger partial charge in [0.15, 0.2) is 11.6 Å². The van der Waals surface area contributed by atoms with Gasteiger partial charge in [-0.05, 0) is 40.2 Å². The average Bonchev–Trinajstić information content (AvgIpc) is 2.33. The van der Waals surface area contributed by atoms with Gasteiger partial charge in [-0.15, -0.1) is 6.42 Å². The summed E-state index contributed by atoms with van der Waals surface area (Å²) in [6.07, 6.45) is 6.81. The molecule has 0 radical (unpaired) electrons. The lowest BCUT2D eigenvalue weighted by Gasteiger charge is -2.06. The van der Waals surface area contributed by atoms with Gasteiger partial charge < -0.3 is 5.32 Å². The number of nitrogens with one attached hydrogen (secondary N) is 1. The van der Waals surface area contributed by atoms with Crippen LogP contribution in [0.25, 0.3) is 0 Å². The molecule has 2 rings (SSSR count). The summed E-state index contributed by atoms with van der Waals surface area (Å²) in [5.74, 6) is 2.26. The fraction of sp³-hybridized carbons (Fsp3) is 0. The van der Waals surface area contributed by atoms with Crippen LogP contribution in [0, 0.1) is 18.2 Å². The van der Waals surface area contributed by atoms with Gasteiger partial charge in [0.25, 0.3) is 0 Å². The Morgan fingerprint density at radius 2 is 2.18 bits per heavy atom. The molecule has 1 aromatic carbocycles. The average molecular weight is 291 g/mol. The second kappa shape index (κ2) is 4.98. The quantitative estimate of drug-likeness (QED) is 0.853. The maximum absolute atomic E-state index is 13.5. The molecule has 2 aromatic rings. The minimum Gasteiger partial charge on any atom is -0.338 e. The van der Waals surface area contributed by atoms with Gasteiger partial charge in [0.1, 0.15) is 0 Å². The Labute approximate surface area is 107 Å². The third kappa shape index (κ3) is 2.83. The summed E-state index contributed by atoms with van der Waals surface area (Å²) in [4.78, 5) is 3.94. The first-order chi connectivity index (χ1) is 8.19. The summed E-state index contributed by atoms with van der Waals surface area (Å²) in [6, 6.07) is 8.50. The third-order valence-corrected chi connectivity index (χ3v) is 2.53. The largest absolute Gasteiger partial charge is 0.338 e. The lowest BCUT2D eigenvalue weighted by molar-refractivity contribution is 0.625. The molecule has 1 N–H and O–H groups in total. The summed E-state index contributed by atoms with van der Waals surface area (Å²) in [5.41, 5.74) is 1.43. The first kappa shape index (κ1) is 11.6. The maximum atomic E-state index is 13.5. The Balaban J connectivity index is 2.28. The molecule has 4 heteroatoms. The topological polar surface area (TPSA) is 24.9 Å². The van der Waals surface area contributed by atoms with E-state index in [2.05, 4.69) is 32.2 Å². The molecule has 0 bridgehead atoms. The van der Waals surface area contributed by atoms with Crippen LogP contribution in [0.1, 0.15) is 5.56 Å². The molecule has 17 heavy (non-hydrogen) atoms. The van der Waals surface area contributed by atoms with Crippen LogP contribution in [0.2, 0.25) is 0 Å². The number of benzene rings is 1. The number of halogens is 2.